The molecule has 2 rings (SSSR count). The van der Waals surface area contributed by atoms with Crippen molar-refractivity contribution in [1.82, 2.24) is 10.2 Å². The lowest BCUT2D eigenvalue weighted by molar-refractivity contribution is -0.134. The molecule has 1 aromatic rings. The van der Waals surface area contributed by atoms with E-state index < -0.39 is 0 Å². The van der Waals surface area contributed by atoms with Gasteiger partial charge in [-0.15, -0.1) is 0 Å². The number of likely N-dealkylation sites (tertiary alicyclic amines) is 1. The van der Waals surface area contributed by atoms with Crippen molar-refractivity contribution in [3.63, 3.8) is 0 Å². The zero-order chi connectivity index (χ0) is 20.9. The molecule has 0 saturated carbocycles. The maximum Gasteiger partial charge on any atom is 0.224 e. The number of guanidine groups is 1. The van der Waals surface area contributed by atoms with Crippen molar-refractivity contribution < 1.29 is 14.3 Å². The molecule has 0 aliphatic carbocycles. The predicted octanol–water partition coefficient (Wildman–Crippen LogP) is 3.27. The van der Waals surface area contributed by atoms with Gasteiger partial charge in [0.15, 0.2) is 5.96 Å². The van der Waals surface area contributed by atoms with Gasteiger partial charge < -0.3 is 25.0 Å². The molecule has 1 saturated heterocycles. The summed E-state index contributed by atoms with van der Waals surface area (Å²) in [5.41, 5.74) is 0.893. The Morgan fingerprint density at radius 3 is 2.93 bits per heavy atom. The first-order chi connectivity index (χ1) is 14.1. The van der Waals surface area contributed by atoms with Gasteiger partial charge in [-0.2, -0.15) is 0 Å². The molecule has 1 heterocycles. The van der Waals surface area contributed by atoms with E-state index in [1.807, 2.05) is 36.1 Å². The van der Waals surface area contributed by atoms with Crippen LogP contribution >= 0.6 is 0 Å². The fourth-order valence-corrected chi connectivity index (χ4v) is 3.38. The Hall–Kier alpha value is -2.28. The van der Waals surface area contributed by atoms with Crippen LogP contribution in [0.25, 0.3) is 0 Å². The van der Waals surface area contributed by atoms with Gasteiger partial charge in [-0.05, 0) is 45.2 Å². The fraction of sp³-hybridized carbons (Fsp3) is 0.636. The number of carbonyl (C=O) groups is 1. The van der Waals surface area contributed by atoms with Gasteiger partial charge in [-0.25, -0.2) is 0 Å². The number of ether oxygens (including phenoxy) is 2. The summed E-state index contributed by atoms with van der Waals surface area (Å²) >= 11 is 0. The minimum Gasteiger partial charge on any atom is -0.493 e. The van der Waals surface area contributed by atoms with E-state index in [4.69, 9.17) is 9.47 Å². The maximum atomic E-state index is 12.5. The van der Waals surface area contributed by atoms with Crippen LogP contribution in [0.1, 0.15) is 46.0 Å². The molecule has 0 bridgehead atoms. The lowest BCUT2D eigenvalue weighted by Crippen LogP contribution is -2.42. The van der Waals surface area contributed by atoms with Crippen molar-refractivity contribution in [2.24, 2.45) is 4.99 Å². The van der Waals surface area contributed by atoms with E-state index in [-0.39, 0.29) is 5.91 Å². The minimum atomic E-state index is 0.197. The zero-order valence-electron chi connectivity index (χ0n) is 18.1. The molecule has 29 heavy (non-hydrogen) atoms. The highest BCUT2D eigenvalue weighted by Crippen LogP contribution is 2.18. The molecule has 0 radical (unpaired) electrons. The third kappa shape index (κ3) is 8.31. The number of carbonyl (C=O) groups excluding carboxylic acids is 1. The number of nitrogens with zero attached hydrogens (tertiary/aromatic N) is 2. The monoisotopic (exact) mass is 404 g/mol. The zero-order valence-corrected chi connectivity index (χ0v) is 18.1. The van der Waals surface area contributed by atoms with Gasteiger partial charge >= 0.3 is 0 Å². The van der Waals surface area contributed by atoms with Gasteiger partial charge in [0.2, 0.25) is 5.91 Å². The number of methoxy groups -OCH3 is 1. The Labute approximate surface area is 174 Å². The van der Waals surface area contributed by atoms with Crippen LogP contribution in [0.2, 0.25) is 0 Å². The largest absolute Gasteiger partial charge is 0.493 e. The highest BCUT2D eigenvalue weighted by atomic mass is 16.5. The number of hydrogen-bond donors (Lipinski definition) is 2. The summed E-state index contributed by atoms with van der Waals surface area (Å²) in [5, 5.41) is 6.52. The van der Waals surface area contributed by atoms with Gasteiger partial charge in [0.1, 0.15) is 5.75 Å². The number of hydrogen-bond acceptors (Lipinski definition) is 4. The molecule has 7 nitrogen and oxygen atoms in total. The third-order valence-corrected chi connectivity index (χ3v) is 4.92. The molecular formula is C22H36N4O3. The standard InChI is InChI=1S/C22H36N4O3/c1-4-23-22(24-13-12-21(27)26-14-6-5-9-18(26)2)25-19-10-7-11-20(17-19)29-16-8-15-28-3/h7,10-11,17-18H,4-6,8-9,12-16H2,1-3H3,(H2,23,24,25). The average Bonchev–Trinajstić information content (AvgIpc) is 2.72. The number of nitrogens with one attached hydrogen (secondary N) is 2. The average molecular weight is 405 g/mol. The van der Waals surface area contributed by atoms with Crippen molar-refractivity contribution in [3.05, 3.63) is 24.3 Å². The first-order valence-electron chi connectivity index (χ1n) is 10.7. The quantitative estimate of drug-likeness (QED) is 0.356. The molecule has 1 aliphatic rings. The topological polar surface area (TPSA) is 75.2 Å². The number of amides is 1. The van der Waals surface area contributed by atoms with Crippen LogP contribution in [0.4, 0.5) is 5.69 Å². The first kappa shape index (κ1) is 23.0. The Balaban J connectivity index is 1.87. The van der Waals surface area contributed by atoms with Crippen LogP contribution in [-0.2, 0) is 9.53 Å². The van der Waals surface area contributed by atoms with Crippen molar-refractivity contribution in [1.29, 1.82) is 0 Å². The molecule has 162 valence electrons. The van der Waals surface area contributed by atoms with E-state index in [0.29, 0.717) is 38.2 Å². The van der Waals surface area contributed by atoms with Crippen LogP contribution in [0.3, 0.4) is 0 Å². The molecule has 1 amide bonds. The lowest BCUT2D eigenvalue weighted by atomic mass is 10.0. The summed E-state index contributed by atoms with van der Waals surface area (Å²) < 4.78 is 10.8. The Morgan fingerprint density at radius 2 is 2.17 bits per heavy atom. The second kappa shape index (κ2) is 13.0. The maximum absolute atomic E-state index is 12.5. The molecule has 7 heteroatoms. The van der Waals surface area contributed by atoms with E-state index in [2.05, 4.69) is 22.5 Å². The summed E-state index contributed by atoms with van der Waals surface area (Å²) in [7, 11) is 1.69. The molecule has 0 spiro atoms. The van der Waals surface area contributed by atoms with Crippen LogP contribution in [0.5, 0.6) is 5.75 Å². The molecule has 1 aromatic carbocycles. The Kier molecular flexibility index (Phi) is 10.3. The van der Waals surface area contributed by atoms with Crippen LogP contribution in [-0.4, -0.2) is 62.8 Å². The molecule has 1 aliphatic heterocycles. The van der Waals surface area contributed by atoms with Crippen LogP contribution in [0.15, 0.2) is 29.3 Å². The minimum absolute atomic E-state index is 0.197. The molecule has 2 N–H and O–H groups in total. The number of rotatable bonds is 10. The normalized spacial score (nSPS) is 17.1. The third-order valence-electron chi connectivity index (χ3n) is 4.92. The van der Waals surface area contributed by atoms with Gasteiger partial charge in [0.25, 0.3) is 0 Å². The van der Waals surface area contributed by atoms with Crippen molar-refractivity contribution in [3.8, 4) is 5.75 Å². The highest BCUT2D eigenvalue weighted by molar-refractivity contribution is 5.93. The summed E-state index contributed by atoms with van der Waals surface area (Å²) in [6.07, 6.45) is 4.70. The van der Waals surface area contributed by atoms with E-state index in [1.165, 1.54) is 6.42 Å². The van der Waals surface area contributed by atoms with E-state index in [1.54, 1.807) is 7.11 Å². The molecule has 1 fully saturated rings. The molecule has 1 atom stereocenters. The van der Waals surface area contributed by atoms with Gasteiger partial charge in [-0.3, -0.25) is 9.79 Å². The molecular weight excluding hydrogens is 368 g/mol. The van der Waals surface area contributed by atoms with E-state index >= 15 is 0 Å². The highest BCUT2D eigenvalue weighted by Gasteiger charge is 2.22. The van der Waals surface area contributed by atoms with Gasteiger partial charge in [0.05, 0.1) is 13.2 Å². The van der Waals surface area contributed by atoms with Gasteiger partial charge in [-0.1, -0.05) is 6.07 Å². The molecule has 0 aromatic heterocycles. The van der Waals surface area contributed by atoms with Gasteiger partial charge in [0, 0.05) is 57.4 Å². The lowest BCUT2D eigenvalue weighted by Gasteiger charge is -2.33. The number of benzene rings is 1. The fourth-order valence-electron chi connectivity index (χ4n) is 3.38. The summed E-state index contributed by atoms with van der Waals surface area (Å²) in [6, 6.07) is 8.13. The van der Waals surface area contributed by atoms with Crippen LogP contribution < -0.4 is 15.4 Å². The number of piperidine rings is 1. The molecule has 1 unspecified atom stereocenters. The van der Waals surface area contributed by atoms with Crippen molar-refractivity contribution >= 4 is 17.6 Å². The van der Waals surface area contributed by atoms with Crippen LogP contribution in [0, 0.1) is 0 Å². The Bertz CT molecular complexity index is 651. The van der Waals surface area contributed by atoms with Crippen molar-refractivity contribution in [2.75, 3.05) is 45.3 Å². The SMILES string of the molecule is CCNC(=NCCC(=O)N1CCCCC1C)Nc1cccc(OCCCOC)c1. The number of anilines is 1. The number of aliphatic imine (C=N–C) groups is 1. The summed E-state index contributed by atoms with van der Waals surface area (Å²) in [5.74, 6) is 1.67. The smallest absolute Gasteiger partial charge is 0.224 e. The van der Waals surface area contributed by atoms with E-state index in [9.17, 15) is 4.79 Å². The Morgan fingerprint density at radius 1 is 1.31 bits per heavy atom. The summed E-state index contributed by atoms with van der Waals surface area (Å²) in [4.78, 5) is 19.1. The second-order valence-corrected chi connectivity index (χ2v) is 7.29. The second-order valence-electron chi connectivity index (χ2n) is 7.29. The van der Waals surface area contributed by atoms with E-state index in [0.717, 1.165) is 43.8 Å². The first-order valence-corrected chi connectivity index (χ1v) is 10.7. The summed E-state index contributed by atoms with van der Waals surface area (Å²) in [6.45, 7) is 7.54. The van der Waals surface area contributed by atoms with Crippen molar-refractivity contribution in [2.45, 2.75) is 52.0 Å². The predicted molar refractivity (Wildman–Crippen MR) is 118 cm³/mol.